The summed E-state index contributed by atoms with van der Waals surface area (Å²) in [5, 5.41) is 0. The Balaban J connectivity index is 4.71. The first-order chi connectivity index (χ1) is 9.82. The summed E-state index contributed by atoms with van der Waals surface area (Å²) in [5.41, 5.74) is 5.04. The van der Waals surface area contributed by atoms with Gasteiger partial charge in [-0.05, 0) is 19.3 Å². The van der Waals surface area contributed by atoms with Crippen LogP contribution in [0.25, 0.3) is 0 Å². The van der Waals surface area contributed by atoms with Gasteiger partial charge in [0.1, 0.15) is 0 Å². The van der Waals surface area contributed by atoms with Gasteiger partial charge in [-0.15, -0.1) is 11.8 Å². The van der Waals surface area contributed by atoms with Crippen LogP contribution in [-0.4, -0.2) is 28.2 Å². The Labute approximate surface area is 134 Å². The molecule has 0 bridgehead atoms. The van der Waals surface area contributed by atoms with Gasteiger partial charge in [-0.25, -0.2) is 0 Å². The van der Waals surface area contributed by atoms with E-state index in [9.17, 15) is 31.1 Å². The van der Waals surface area contributed by atoms with Crippen LogP contribution in [0.4, 0.5) is 26.3 Å². The predicted octanol–water partition coefficient (Wildman–Crippen LogP) is 4.85. The van der Waals surface area contributed by atoms with Gasteiger partial charge >= 0.3 is 12.4 Å². The number of amides is 1. The summed E-state index contributed by atoms with van der Waals surface area (Å²) in [6.07, 6.45) is -10.8. The minimum absolute atomic E-state index is 0.136. The number of primary amides is 1. The fraction of sp³-hybridized carbons (Fsp3) is 0.917. The summed E-state index contributed by atoms with van der Waals surface area (Å²) < 4.78 is 72.6. The minimum atomic E-state index is -4.44. The van der Waals surface area contributed by atoms with E-state index in [1.807, 2.05) is 0 Å². The van der Waals surface area contributed by atoms with Crippen molar-refractivity contribution in [1.29, 1.82) is 0 Å². The highest BCUT2D eigenvalue weighted by atomic mass is 35.5. The molecule has 132 valence electrons. The third kappa shape index (κ3) is 8.36. The van der Waals surface area contributed by atoms with E-state index in [0.29, 0.717) is 11.8 Å². The van der Waals surface area contributed by atoms with Crippen LogP contribution in [0.15, 0.2) is 0 Å². The second kappa shape index (κ2) is 8.52. The molecule has 0 aliphatic rings. The van der Waals surface area contributed by atoms with E-state index in [1.54, 1.807) is 6.92 Å². The molecule has 0 rings (SSSR count). The van der Waals surface area contributed by atoms with Crippen LogP contribution in [0.3, 0.4) is 0 Å². The molecule has 0 saturated carbocycles. The molecular formula is C12H18ClF6NOS. The zero-order chi connectivity index (χ0) is 17.6. The van der Waals surface area contributed by atoms with Crippen molar-refractivity contribution in [2.75, 3.05) is 5.75 Å². The number of nitrogens with two attached hydrogens (primary N) is 1. The number of carbonyl (C=O) groups excluding carboxylic acids is 1. The number of carbonyl (C=O) groups is 1. The van der Waals surface area contributed by atoms with E-state index >= 15 is 0 Å². The molecule has 0 fully saturated rings. The van der Waals surface area contributed by atoms with Crippen molar-refractivity contribution in [2.45, 2.75) is 55.6 Å². The Morgan fingerprint density at radius 2 is 1.68 bits per heavy atom. The molecule has 0 heterocycles. The van der Waals surface area contributed by atoms with Crippen molar-refractivity contribution in [2.24, 2.45) is 11.7 Å². The van der Waals surface area contributed by atoms with Crippen molar-refractivity contribution in [3.8, 4) is 0 Å². The molecule has 0 aliphatic heterocycles. The summed E-state index contributed by atoms with van der Waals surface area (Å²) in [6.45, 7) is 1.58. The molecule has 0 aromatic carbocycles. The zero-order valence-electron chi connectivity index (χ0n) is 11.9. The molecule has 0 aromatic heterocycles. The van der Waals surface area contributed by atoms with Gasteiger partial charge in [0.05, 0.1) is 12.3 Å². The van der Waals surface area contributed by atoms with Crippen molar-refractivity contribution < 1.29 is 31.1 Å². The van der Waals surface area contributed by atoms with Gasteiger partial charge in [0.2, 0.25) is 5.91 Å². The third-order valence-electron chi connectivity index (χ3n) is 3.00. The number of rotatable bonds is 9. The molecule has 10 heteroatoms. The second-order valence-electron chi connectivity index (χ2n) is 4.87. The fourth-order valence-corrected chi connectivity index (χ4v) is 3.18. The lowest BCUT2D eigenvalue weighted by Crippen LogP contribution is -2.37. The van der Waals surface area contributed by atoms with Gasteiger partial charge in [-0.2, -0.15) is 26.3 Å². The smallest absolute Gasteiger partial charge is 0.367 e. The molecule has 0 spiro atoms. The summed E-state index contributed by atoms with van der Waals surface area (Å²) in [4.78, 5) is 11.3. The number of hydrogen-bond acceptors (Lipinski definition) is 2. The van der Waals surface area contributed by atoms with Crippen molar-refractivity contribution in [1.82, 2.24) is 0 Å². The monoisotopic (exact) mass is 373 g/mol. The van der Waals surface area contributed by atoms with Gasteiger partial charge in [0.15, 0.2) is 4.21 Å². The fourth-order valence-electron chi connectivity index (χ4n) is 1.78. The summed E-state index contributed by atoms with van der Waals surface area (Å²) >= 11 is 6.28. The maximum absolute atomic E-state index is 12.8. The predicted molar refractivity (Wildman–Crippen MR) is 74.6 cm³/mol. The maximum atomic E-state index is 12.8. The zero-order valence-corrected chi connectivity index (χ0v) is 13.4. The Kier molecular flexibility index (Phi) is 8.40. The SMILES string of the molecule is CCCC(CCC(Cl)(SCCC(F)(F)F)C(N)=O)C(F)(F)F. The average Bonchev–Trinajstić information content (AvgIpc) is 2.31. The molecule has 0 aromatic rings. The third-order valence-corrected chi connectivity index (χ3v) is 4.97. The largest absolute Gasteiger partial charge is 0.391 e. The lowest BCUT2D eigenvalue weighted by atomic mass is 9.96. The molecule has 0 radical (unpaired) electrons. The standard InChI is InChI=1S/C12H18ClF6NOS/c1-2-3-8(12(17,18)19)4-5-10(13,9(20)21)22-7-6-11(14,15)16/h8H,2-7H2,1H3,(H2,20,21). The number of thioether (sulfide) groups is 1. The van der Waals surface area contributed by atoms with E-state index in [4.69, 9.17) is 17.3 Å². The van der Waals surface area contributed by atoms with Crippen LogP contribution in [-0.2, 0) is 4.79 Å². The minimum Gasteiger partial charge on any atom is -0.367 e. The first-order valence-electron chi connectivity index (χ1n) is 6.58. The van der Waals surface area contributed by atoms with Crippen LogP contribution in [0.2, 0.25) is 0 Å². The summed E-state index contributed by atoms with van der Waals surface area (Å²) in [5.74, 6) is -3.32. The van der Waals surface area contributed by atoms with Crippen LogP contribution in [0, 0.1) is 5.92 Å². The van der Waals surface area contributed by atoms with E-state index in [0.717, 1.165) is 0 Å². The molecule has 22 heavy (non-hydrogen) atoms. The highest BCUT2D eigenvalue weighted by Gasteiger charge is 2.42. The van der Waals surface area contributed by atoms with Crippen LogP contribution >= 0.6 is 23.4 Å². The van der Waals surface area contributed by atoms with Gasteiger partial charge in [-0.1, -0.05) is 24.9 Å². The number of alkyl halides is 7. The Morgan fingerprint density at radius 3 is 2.05 bits per heavy atom. The molecule has 2 unspecified atom stereocenters. The normalized spacial score (nSPS) is 17.1. The van der Waals surface area contributed by atoms with Crippen LogP contribution < -0.4 is 5.73 Å². The lowest BCUT2D eigenvalue weighted by molar-refractivity contribution is -0.178. The van der Waals surface area contributed by atoms with Gasteiger partial charge in [0, 0.05) is 5.75 Å². The average molecular weight is 374 g/mol. The molecule has 2 N–H and O–H groups in total. The Hall–Kier alpha value is -0.310. The lowest BCUT2D eigenvalue weighted by Gasteiger charge is -2.26. The Bertz CT molecular complexity index is 363. The molecule has 2 atom stereocenters. The maximum Gasteiger partial charge on any atom is 0.391 e. The first kappa shape index (κ1) is 21.7. The van der Waals surface area contributed by atoms with E-state index in [-0.39, 0.29) is 12.8 Å². The molecule has 2 nitrogen and oxygen atoms in total. The topological polar surface area (TPSA) is 43.1 Å². The van der Waals surface area contributed by atoms with Crippen LogP contribution in [0.5, 0.6) is 0 Å². The highest BCUT2D eigenvalue weighted by molar-refractivity contribution is 8.02. The highest BCUT2D eigenvalue weighted by Crippen LogP contribution is 2.41. The van der Waals surface area contributed by atoms with Gasteiger partial charge < -0.3 is 5.73 Å². The van der Waals surface area contributed by atoms with E-state index in [1.165, 1.54) is 0 Å². The van der Waals surface area contributed by atoms with Crippen molar-refractivity contribution in [3.63, 3.8) is 0 Å². The van der Waals surface area contributed by atoms with Gasteiger partial charge in [-0.3, -0.25) is 4.79 Å². The number of halogens is 7. The summed E-state index contributed by atoms with van der Waals surface area (Å²) in [7, 11) is 0. The molecule has 0 aliphatic carbocycles. The van der Waals surface area contributed by atoms with Crippen molar-refractivity contribution >= 4 is 29.3 Å². The quantitative estimate of drug-likeness (QED) is 0.463. The van der Waals surface area contributed by atoms with E-state index in [2.05, 4.69) is 0 Å². The van der Waals surface area contributed by atoms with Crippen LogP contribution in [0.1, 0.15) is 39.0 Å². The number of hydrogen-bond donors (Lipinski definition) is 1. The molecule has 1 amide bonds. The molecular weight excluding hydrogens is 356 g/mol. The van der Waals surface area contributed by atoms with Crippen molar-refractivity contribution in [3.05, 3.63) is 0 Å². The first-order valence-corrected chi connectivity index (χ1v) is 7.94. The summed E-state index contributed by atoms with van der Waals surface area (Å²) in [6, 6.07) is 0. The van der Waals surface area contributed by atoms with Gasteiger partial charge in [0.25, 0.3) is 0 Å². The van der Waals surface area contributed by atoms with E-state index < -0.39 is 53.4 Å². The molecule has 0 saturated heterocycles. The Morgan fingerprint density at radius 1 is 1.14 bits per heavy atom. The second-order valence-corrected chi connectivity index (χ2v) is 7.14.